The van der Waals surface area contributed by atoms with Crippen LogP contribution >= 0.6 is 23.2 Å². The summed E-state index contributed by atoms with van der Waals surface area (Å²) in [5, 5.41) is 0.376. The van der Waals surface area contributed by atoms with E-state index in [2.05, 4.69) is 14.7 Å². The second-order valence-electron chi connectivity index (χ2n) is 3.35. The number of pyridine rings is 2. The SMILES string of the molecule is FC(F)(F)COc1ccc2nc(Cl)cc(Cl)c2n1. The fourth-order valence-corrected chi connectivity index (χ4v) is 1.75. The molecule has 0 aliphatic carbocycles. The van der Waals surface area contributed by atoms with Crippen molar-refractivity contribution < 1.29 is 17.9 Å². The number of fused-ring (bicyclic) bond motifs is 1. The molecule has 18 heavy (non-hydrogen) atoms. The summed E-state index contributed by atoms with van der Waals surface area (Å²) in [5.41, 5.74) is 0.618. The Kier molecular flexibility index (Phi) is 3.49. The van der Waals surface area contributed by atoms with E-state index in [9.17, 15) is 13.2 Å². The maximum absolute atomic E-state index is 12.0. The van der Waals surface area contributed by atoms with Gasteiger partial charge in [0, 0.05) is 6.07 Å². The van der Waals surface area contributed by atoms with Crippen molar-refractivity contribution in [2.24, 2.45) is 0 Å². The van der Waals surface area contributed by atoms with E-state index in [0.717, 1.165) is 0 Å². The first kappa shape index (κ1) is 13.2. The second-order valence-corrected chi connectivity index (χ2v) is 4.14. The first-order valence-corrected chi connectivity index (χ1v) is 5.43. The van der Waals surface area contributed by atoms with E-state index in [0.29, 0.717) is 5.52 Å². The van der Waals surface area contributed by atoms with Gasteiger partial charge in [-0.3, -0.25) is 0 Å². The minimum atomic E-state index is -4.42. The molecule has 2 heterocycles. The van der Waals surface area contributed by atoms with Gasteiger partial charge in [-0.05, 0) is 12.1 Å². The van der Waals surface area contributed by atoms with Crippen LogP contribution in [-0.4, -0.2) is 22.8 Å². The molecule has 0 fully saturated rings. The van der Waals surface area contributed by atoms with Gasteiger partial charge >= 0.3 is 6.18 Å². The fraction of sp³-hybridized carbons (Fsp3) is 0.200. The van der Waals surface area contributed by atoms with Crippen LogP contribution in [0.15, 0.2) is 18.2 Å². The zero-order valence-electron chi connectivity index (χ0n) is 8.63. The number of rotatable bonds is 2. The predicted molar refractivity (Wildman–Crippen MR) is 61.1 cm³/mol. The van der Waals surface area contributed by atoms with Crippen molar-refractivity contribution in [2.75, 3.05) is 6.61 Å². The summed E-state index contributed by atoms with van der Waals surface area (Å²) in [6.45, 7) is -1.41. The van der Waals surface area contributed by atoms with E-state index >= 15 is 0 Å². The largest absolute Gasteiger partial charge is 0.468 e. The first-order chi connectivity index (χ1) is 8.35. The Morgan fingerprint density at radius 3 is 2.56 bits per heavy atom. The molecule has 0 unspecified atom stereocenters. The molecule has 0 bridgehead atoms. The van der Waals surface area contributed by atoms with Gasteiger partial charge in [-0.15, -0.1) is 0 Å². The van der Waals surface area contributed by atoms with Gasteiger partial charge in [0.05, 0.1) is 10.5 Å². The summed E-state index contributed by atoms with van der Waals surface area (Å²) in [6.07, 6.45) is -4.42. The fourth-order valence-electron chi connectivity index (χ4n) is 1.26. The van der Waals surface area contributed by atoms with Gasteiger partial charge in [-0.1, -0.05) is 23.2 Å². The molecule has 96 valence electrons. The zero-order valence-corrected chi connectivity index (χ0v) is 10.1. The minimum absolute atomic E-state index is 0.175. The summed E-state index contributed by atoms with van der Waals surface area (Å²) in [4.78, 5) is 7.77. The molecule has 0 saturated heterocycles. The van der Waals surface area contributed by atoms with Crippen LogP contribution in [-0.2, 0) is 0 Å². The maximum Gasteiger partial charge on any atom is 0.422 e. The molecule has 0 radical (unpaired) electrons. The summed E-state index contributed by atoms with van der Waals surface area (Å²) < 4.78 is 40.4. The highest BCUT2D eigenvalue weighted by molar-refractivity contribution is 6.37. The molecule has 8 heteroatoms. The molecule has 0 aromatic carbocycles. The molecule has 2 aromatic heterocycles. The monoisotopic (exact) mass is 296 g/mol. The molecule has 0 aliphatic rings. The van der Waals surface area contributed by atoms with Crippen molar-refractivity contribution >= 4 is 34.2 Å². The first-order valence-electron chi connectivity index (χ1n) is 4.67. The van der Waals surface area contributed by atoms with Crippen molar-refractivity contribution in [1.29, 1.82) is 0 Å². The summed E-state index contributed by atoms with van der Waals surface area (Å²) in [5.74, 6) is -0.175. The second kappa shape index (κ2) is 4.78. The third-order valence-electron chi connectivity index (χ3n) is 1.93. The van der Waals surface area contributed by atoms with Crippen LogP contribution in [0.3, 0.4) is 0 Å². The highest BCUT2D eigenvalue weighted by Gasteiger charge is 2.28. The number of hydrogen-bond donors (Lipinski definition) is 0. The lowest BCUT2D eigenvalue weighted by Crippen LogP contribution is -2.19. The number of hydrogen-bond acceptors (Lipinski definition) is 3. The van der Waals surface area contributed by atoms with Gasteiger partial charge in [0.1, 0.15) is 10.7 Å². The average Bonchev–Trinajstić information content (AvgIpc) is 2.25. The molecule has 3 nitrogen and oxygen atoms in total. The highest BCUT2D eigenvalue weighted by atomic mass is 35.5. The highest BCUT2D eigenvalue weighted by Crippen LogP contribution is 2.26. The predicted octanol–water partition coefficient (Wildman–Crippen LogP) is 3.88. The number of alkyl halides is 3. The van der Waals surface area contributed by atoms with Crippen molar-refractivity contribution in [1.82, 2.24) is 9.97 Å². The summed E-state index contributed by atoms with van der Waals surface area (Å²) in [6, 6.07) is 4.06. The van der Waals surface area contributed by atoms with Crippen molar-refractivity contribution in [3.63, 3.8) is 0 Å². The van der Waals surface area contributed by atoms with Gasteiger partial charge in [-0.25, -0.2) is 9.97 Å². The van der Waals surface area contributed by atoms with E-state index in [1.54, 1.807) is 0 Å². The third kappa shape index (κ3) is 3.14. The number of halogens is 5. The zero-order chi connectivity index (χ0) is 13.3. The number of nitrogens with zero attached hydrogens (tertiary/aromatic N) is 2. The van der Waals surface area contributed by atoms with Gasteiger partial charge in [0.2, 0.25) is 5.88 Å². The van der Waals surface area contributed by atoms with E-state index in [1.807, 2.05) is 0 Å². The average molecular weight is 297 g/mol. The van der Waals surface area contributed by atoms with Crippen LogP contribution in [0, 0.1) is 0 Å². The third-order valence-corrected chi connectivity index (χ3v) is 2.41. The molecular weight excluding hydrogens is 292 g/mol. The molecule has 0 amide bonds. The summed E-state index contributed by atoms with van der Waals surface area (Å²) in [7, 11) is 0. The Hall–Kier alpha value is -1.27. The van der Waals surface area contributed by atoms with Gasteiger partial charge in [0.15, 0.2) is 6.61 Å². The van der Waals surface area contributed by atoms with Crippen LogP contribution in [0.25, 0.3) is 11.0 Å². The summed E-state index contributed by atoms with van der Waals surface area (Å²) >= 11 is 11.5. The lowest BCUT2D eigenvalue weighted by molar-refractivity contribution is -0.154. The Labute approximate surface area is 109 Å². The van der Waals surface area contributed by atoms with Gasteiger partial charge in [0.25, 0.3) is 0 Å². The Balaban J connectivity index is 2.33. The number of ether oxygens (including phenoxy) is 1. The van der Waals surface area contributed by atoms with Crippen LogP contribution in [0.1, 0.15) is 0 Å². The lowest BCUT2D eigenvalue weighted by Gasteiger charge is -2.09. The lowest BCUT2D eigenvalue weighted by atomic mass is 10.3. The molecule has 2 aromatic rings. The maximum atomic E-state index is 12.0. The molecule has 0 N–H and O–H groups in total. The number of aromatic nitrogens is 2. The quantitative estimate of drug-likeness (QED) is 0.789. The Morgan fingerprint density at radius 2 is 1.89 bits per heavy atom. The Morgan fingerprint density at radius 1 is 1.17 bits per heavy atom. The molecule has 2 rings (SSSR count). The topological polar surface area (TPSA) is 35.0 Å². The minimum Gasteiger partial charge on any atom is -0.468 e. The van der Waals surface area contributed by atoms with E-state index in [4.69, 9.17) is 23.2 Å². The molecular formula is C10H5Cl2F3N2O. The van der Waals surface area contributed by atoms with E-state index in [-0.39, 0.29) is 21.6 Å². The van der Waals surface area contributed by atoms with Crippen LogP contribution in [0.5, 0.6) is 5.88 Å². The molecule has 0 saturated carbocycles. The smallest absolute Gasteiger partial charge is 0.422 e. The normalized spacial score (nSPS) is 11.8. The Bertz CT molecular complexity index is 589. The van der Waals surface area contributed by atoms with E-state index in [1.165, 1.54) is 18.2 Å². The van der Waals surface area contributed by atoms with Crippen molar-refractivity contribution in [3.8, 4) is 5.88 Å². The van der Waals surface area contributed by atoms with Crippen molar-refractivity contribution in [3.05, 3.63) is 28.4 Å². The van der Waals surface area contributed by atoms with Gasteiger partial charge in [-0.2, -0.15) is 13.2 Å². The van der Waals surface area contributed by atoms with Crippen molar-refractivity contribution in [2.45, 2.75) is 6.18 Å². The van der Waals surface area contributed by atoms with Gasteiger partial charge < -0.3 is 4.74 Å². The van der Waals surface area contributed by atoms with Crippen LogP contribution < -0.4 is 4.74 Å². The molecule has 0 atom stereocenters. The van der Waals surface area contributed by atoms with Crippen LogP contribution in [0.4, 0.5) is 13.2 Å². The van der Waals surface area contributed by atoms with E-state index < -0.39 is 12.8 Å². The molecule has 0 aliphatic heterocycles. The standard InChI is InChI=1S/C10H5Cl2F3N2O/c11-5-3-7(12)16-6-1-2-8(17-9(5)6)18-4-10(13,14)15/h1-3H,4H2. The van der Waals surface area contributed by atoms with Crippen LogP contribution in [0.2, 0.25) is 10.2 Å². The molecule has 0 spiro atoms.